The molecule has 0 saturated carbocycles. The molecule has 0 saturated heterocycles. The standard InChI is InChI=1S/C18H23FN2/c1-14(2)12-20-13-15-8-10-16(11-9-15)21(3)18-7-5-4-6-17(18)19/h4-11,14,20H,12-13H2,1-3H3. The van der Waals surface area contributed by atoms with Gasteiger partial charge in [-0.3, -0.25) is 0 Å². The summed E-state index contributed by atoms with van der Waals surface area (Å²) < 4.78 is 13.8. The number of benzene rings is 2. The van der Waals surface area contributed by atoms with Crippen molar-refractivity contribution in [2.24, 2.45) is 5.92 Å². The Kier molecular flexibility index (Phi) is 5.34. The van der Waals surface area contributed by atoms with Crippen molar-refractivity contribution in [3.63, 3.8) is 0 Å². The molecule has 0 heterocycles. The van der Waals surface area contributed by atoms with Crippen molar-refractivity contribution in [1.82, 2.24) is 5.32 Å². The second-order valence-corrected chi connectivity index (χ2v) is 5.70. The number of hydrogen-bond donors (Lipinski definition) is 1. The fraction of sp³-hybridized carbons (Fsp3) is 0.333. The Labute approximate surface area is 126 Å². The maximum Gasteiger partial charge on any atom is 0.146 e. The summed E-state index contributed by atoms with van der Waals surface area (Å²) >= 11 is 0. The lowest BCUT2D eigenvalue weighted by molar-refractivity contribution is 0.552. The van der Waals surface area contributed by atoms with Crippen LogP contribution in [0.5, 0.6) is 0 Å². The highest BCUT2D eigenvalue weighted by Crippen LogP contribution is 2.25. The van der Waals surface area contributed by atoms with Gasteiger partial charge in [0.15, 0.2) is 0 Å². The normalized spacial score (nSPS) is 10.9. The second kappa shape index (κ2) is 7.23. The van der Waals surface area contributed by atoms with Gasteiger partial charge in [0.25, 0.3) is 0 Å². The smallest absolute Gasteiger partial charge is 0.146 e. The molecule has 0 bridgehead atoms. The van der Waals surface area contributed by atoms with Crippen LogP contribution in [-0.4, -0.2) is 13.6 Å². The van der Waals surface area contributed by atoms with Crippen LogP contribution >= 0.6 is 0 Å². The van der Waals surface area contributed by atoms with Crippen molar-refractivity contribution >= 4 is 11.4 Å². The summed E-state index contributed by atoms with van der Waals surface area (Å²) in [4.78, 5) is 1.86. The average molecular weight is 286 g/mol. The minimum Gasteiger partial charge on any atom is -0.342 e. The molecule has 0 aliphatic rings. The van der Waals surface area contributed by atoms with Gasteiger partial charge in [-0.15, -0.1) is 0 Å². The van der Waals surface area contributed by atoms with Crippen LogP contribution in [0, 0.1) is 11.7 Å². The second-order valence-electron chi connectivity index (χ2n) is 5.70. The number of anilines is 2. The molecule has 2 aromatic carbocycles. The van der Waals surface area contributed by atoms with Gasteiger partial charge in [0.1, 0.15) is 5.82 Å². The van der Waals surface area contributed by atoms with Crippen molar-refractivity contribution in [2.45, 2.75) is 20.4 Å². The summed E-state index contributed by atoms with van der Waals surface area (Å²) in [5, 5.41) is 3.42. The zero-order valence-corrected chi connectivity index (χ0v) is 12.9. The number of halogens is 1. The van der Waals surface area contributed by atoms with Gasteiger partial charge in [0.05, 0.1) is 5.69 Å². The third-order valence-electron chi connectivity index (χ3n) is 3.42. The summed E-state index contributed by atoms with van der Waals surface area (Å²) in [5.74, 6) is 0.444. The van der Waals surface area contributed by atoms with Gasteiger partial charge in [-0.05, 0) is 42.3 Å². The first-order valence-electron chi connectivity index (χ1n) is 7.36. The van der Waals surface area contributed by atoms with Crippen molar-refractivity contribution in [1.29, 1.82) is 0 Å². The van der Waals surface area contributed by atoms with E-state index >= 15 is 0 Å². The van der Waals surface area contributed by atoms with Gasteiger partial charge in [0.2, 0.25) is 0 Å². The van der Waals surface area contributed by atoms with Crippen molar-refractivity contribution in [3.8, 4) is 0 Å². The maximum atomic E-state index is 13.8. The minimum atomic E-state index is -0.206. The Morgan fingerprint density at radius 2 is 1.71 bits per heavy atom. The summed E-state index contributed by atoms with van der Waals surface area (Å²) in [6, 6.07) is 15.0. The molecule has 3 heteroatoms. The summed E-state index contributed by atoms with van der Waals surface area (Å²) in [7, 11) is 1.88. The van der Waals surface area contributed by atoms with E-state index in [1.165, 1.54) is 11.6 Å². The highest BCUT2D eigenvalue weighted by atomic mass is 19.1. The predicted molar refractivity (Wildman–Crippen MR) is 87.4 cm³/mol. The molecular formula is C18H23FN2. The fourth-order valence-corrected chi connectivity index (χ4v) is 2.21. The Morgan fingerprint density at radius 1 is 1.05 bits per heavy atom. The molecule has 0 atom stereocenters. The first-order chi connectivity index (χ1) is 10.1. The average Bonchev–Trinajstić information content (AvgIpc) is 2.47. The zero-order valence-electron chi connectivity index (χ0n) is 12.9. The van der Waals surface area contributed by atoms with Crippen molar-refractivity contribution < 1.29 is 4.39 Å². The minimum absolute atomic E-state index is 0.206. The van der Waals surface area contributed by atoms with Gasteiger partial charge < -0.3 is 10.2 Å². The van der Waals surface area contributed by atoms with Gasteiger partial charge in [-0.25, -0.2) is 4.39 Å². The summed E-state index contributed by atoms with van der Waals surface area (Å²) in [6.07, 6.45) is 0. The molecule has 0 unspecified atom stereocenters. The summed E-state index contributed by atoms with van der Waals surface area (Å²) in [5.41, 5.74) is 2.80. The van der Waals surface area contributed by atoms with E-state index in [1.54, 1.807) is 12.1 Å². The lowest BCUT2D eigenvalue weighted by Gasteiger charge is -2.20. The molecule has 0 aliphatic heterocycles. The van der Waals surface area contributed by atoms with Crippen LogP contribution in [0.3, 0.4) is 0 Å². The fourth-order valence-electron chi connectivity index (χ4n) is 2.21. The number of rotatable bonds is 6. The third-order valence-corrected chi connectivity index (χ3v) is 3.42. The Balaban J connectivity index is 2.03. The molecule has 0 radical (unpaired) electrons. The van der Waals surface area contributed by atoms with Crippen molar-refractivity contribution in [3.05, 3.63) is 59.9 Å². The number of hydrogen-bond acceptors (Lipinski definition) is 2. The lowest BCUT2D eigenvalue weighted by atomic mass is 10.1. The molecule has 2 nitrogen and oxygen atoms in total. The van der Waals surface area contributed by atoms with Crippen LogP contribution in [0.4, 0.5) is 15.8 Å². The molecule has 0 aromatic heterocycles. The van der Waals surface area contributed by atoms with Crippen LogP contribution in [0.15, 0.2) is 48.5 Å². The molecule has 2 aromatic rings. The van der Waals surface area contributed by atoms with E-state index in [0.717, 1.165) is 18.8 Å². The molecule has 0 aliphatic carbocycles. The van der Waals surface area contributed by atoms with Crippen LogP contribution in [-0.2, 0) is 6.54 Å². The molecule has 0 spiro atoms. The monoisotopic (exact) mass is 286 g/mol. The van der Waals surface area contributed by atoms with Gasteiger partial charge in [-0.1, -0.05) is 38.1 Å². The van der Waals surface area contributed by atoms with Crippen LogP contribution < -0.4 is 10.2 Å². The van der Waals surface area contributed by atoms with Crippen LogP contribution in [0.25, 0.3) is 0 Å². The molecule has 2 rings (SSSR count). The maximum absolute atomic E-state index is 13.8. The quantitative estimate of drug-likeness (QED) is 0.850. The third kappa shape index (κ3) is 4.30. The van der Waals surface area contributed by atoms with E-state index in [-0.39, 0.29) is 5.82 Å². The van der Waals surface area contributed by atoms with E-state index in [4.69, 9.17) is 0 Å². The van der Waals surface area contributed by atoms with E-state index in [2.05, 4.69) is 31.3 Å². The molecule has 0 fully saturated rings. The zero-order chi connectivity index (χ0) is 15.2. The van der Waals surface area contributed by atoms with E-state index in [9.17, 15) is 4.39 Å². The molecule has 0 amide bonds. The van der Waals surface area contributed by atoms with Crippen LogP contribution in [0.1, 0.15) is 19.4 Å². The molecular weight excluding hydrogens is 263 g/mol. The Morgan fingerprint density at radius 3 is 2.33 bits per heavy atom. The Bertz CT molecular complexity index is 564. The summed E-state index contributed by atoms with van der Waals surface area (Å²) in [6.45, 7) is 6.26. The van der Waals surface area contributed by atoms with Crippen LogP contribution in [0.2, 0.25) is 0 Å². The topological polar surface area (TPSA) is 15.3 Å². The number of nitrogens with one attached hydrogen (secondary N) is 1. The first kappa shape index (κ1) is 15.5. The SMILES string of the molecule is CC(C)CNCc1ccc(N(C)c2ccccc2F)cc1. The number of para-hydroxylation sites is 1. The van der Waals surface area contributed by atoms with Gasteiger partial charge >= 0.3 is 0 Å². The largest absolute Gasteiger partial charge is 0.342 e. The first-order valence-corrected chi connectivity index (χ1v) is 7.36. The van der Waals surface area contributed by atoms with Gasteiger partial charge in [0, 0.05) is 19.3 Å². The molecule has 112 valence electrons. The van der Waals surface area contributed by atoms with E-state index in [1.807, 2.05) is 30.1 Å². The molecule has 1 N–H and O–H groups in total. The Hall–Kier alpha value is -1.87. The highest BCUT2D eigenvalue weighted by molar-refractivity contribution is 5.63. The molecule has 21 heavy (non-hydrogen) atoms. The van der Waals surface area contributed by atoms with Gasteiger partial charge in [-0.2, -0.15) is 0 Å². The number of nitrogens with zero attached hydrogens (tertiary/aromatic N) is 1. The van der Waals surface area contributed by atoms with Crippen molar-refractivity contribution in [2.75, 3.05) is 18.5 Å². The van der Waals surface area contributed by atoms with E-state index < -0.39 is 0 Å². The predicted octanol–water partition coefficient (Wildman–Crippen LogP) is 4.34. The van der Waals surface area contributed by atoms with E-state index in [0.29, 0.717) is 11.6 Å². The highest BCUT2D eigenvalue weighted by Gasteiger charge is 2.08. The lowest BCUT2D eigenvalue weighted by Crippen LogP contribution is -2.19.